The van der Waals surface area contributed by atoms with Crippen molar-refractivity contribution in [2.75, 3.05) is 6.61 Å². The van der Waals surface area contributed by atoms with Gasteiger partial charge in [-0.2, -0.15) is 0 Å². The molecule has 7 nitrogen and oxygen atoms in total. The fraction of sp³-hybridized carbons (Fsp3) is 0.167. The van der Waals surface area contributed by atoms with E-state index in [2.05, 4.69) is 15.5 Å². The standard InChI is InChI=1S/C18H14Cl2N4O3/c19-14-7-6-13(9-15(14)20)17(25)10-27-18(26)16(24-11-21-22-23-24)8-12-4-2-1-3-5-12/h1-7,9,11,16H,8,10H2/t16-/m1/s1. The number of hydrogen-bond donors (Lipinski definition) is 0. The van der Waals surface area contributed by atoms with Gasteiger partial charge in [-0.3, -0.25) is 4.79 Å². The highest BCUT2D eigenvalue weighted by Gasteiger charge is 2.25. The molecule has 0 N–H and O–H groups in total. The number of hydrogen-bond acceptors (Lipinski definition) is 6. The molecule has 0 amide bonds. The molecular formula is C18H14Cl2N4O3. The quantitative estimate of drug-likeness (QED) is 0.443. The Bertz CT molecular complexity index is 933. The van der Waals surface area contributed by atoms with Gasteiger partial charge >= 0.3 is 5.97 Å². The van der Waals surface area contributed by atoms with Crippen molar-refractivity contribution in [3.63, 3.8) is 0 Å². The molecule has 1 heterocycles. The Balaban J connectivity index is 1.69. The molecule has 2 aromatic carbocycles. The Hall–Kier alpha value is -2.77. The number of ether oxygens (including phenoxy) is 1. The number of carbonyl (C=O) groups is 2. The number of Topliss-reactive ketones (excluding diaryl/α,β-unsaturated/α-hetero) is 1. The summed E-state index contributed by atoms with van der Waals surface area (Å²) >= 11 is 11.7. The molecule has 0 fully saturated rings. The largest absolute Gasteiger partial charge is 0.456 e. The van der Waals surface area contributed by atoms with E-state index in [1.54, 1.807) is 0 Å². The van der Waals surface area contributed by atoms with Crippen LogP contribution in [0.5, 0.6) is 0 Å². The predicted molar refractivity (Wildman–Crippen MR) is 98.8 cm³/mol. The van der Waals surface area contributed by atoms with Crippen molar-refractivity contribution >= 4 is 35.0 Å². The van der Waals surface area contributed by atoms with Crippen molar-refractivity contribution in [2.45, 2.75) is 12.5 Å². The van der Waals surface area contributed by atoms with Crippen LogP contribution in [0.4, 0.5) is 0 Å². The van der Waals surface area contributed by atoms with Crippen molar-refractivity contribution in [1.82, 2.24) is 20.2 Å². The Morgan fingerprint density at radius 1 is 1.07 bits per heavy atom. The number of tetrazole rings is 1. The first-order valence-corrected chi connectivity index (χ1v) is 8.71. The van der Waals surface area contributed by atoms with E-state index < -0.39 is 24.4 Å². The molecule has 1 atom stereocenters. The molecule has 9 heteroatoms. The summed E-state index contributed by atoms with van der Waals surface area (Å²) in [5.41, 5.74) is 1.21. The van der Waals surface area contributed by atoms with Crippen molar-refractivity contribution in [1.29, 1.82) is 0 Å². The van der Waals surface area contributed by atoms with Crippen LogP contribution >= 0.6 is 23.2 Å². The van der Waals surface area contributed by atoms with Crippen molar-refractivity contribution in [3.8, 4) is 0 Å². The lowest BCUT2D eigenvalue weighted by Gasteiger charge is -2.15. The minimum absolute atomic E-state index is 0.254. The Kier molecular flexibility index (Phi) is 6.16. The smallest absolute Gasteiger partial charge is 0.331 e. The number of aromatic nitrogens is 4. The summed E-state index contributed by atoms with van der Waals surface area (Å²) in [6.45, 7) is -0.426. The molecule has 1 aromatic heterocycles. The van der Waals surface area contributed by atoms with Gasteiger partial charge in [0.15, 0.2) is 18.4 Å². The Morgan fingerprint density at radius 2 is 1.85 bits per heavy atom. The number of nitrogens with zero attached hydrogens (tertiary/aromatic N) is 4. The van der Waals surface area contributed by atoms with Crippen molar-refractivity contribution in [3.05, 3.63) is 76.0 Å². The minimum Gasteiger partial charge on any atom is -0.456 e. The first kappa shape index (κ1) is 19.0. The minimum atomic E-state index is -0.788. The van der Waals surface area contributed by atoms with Crippen molar-refractivity contribution < 1.29 is 14.3 Å². The maximum absolute atomic E-state index is 12.6. The average Bonchev–Trinajstić information content (AvgIpc) is 3.21. The van der Waals surface area contributed by atoms with Crippen LogP contribution in [0.3, 0.4) is 0 Å². The number of esters is 1. The number of carbonyl (C=O) groups excluding carboxylic acids is 2. The van der Waals surface area contributed by atoms with E-state index in [9.17, 15) is 9.59 Å². The van der Waals surface area contributed by atoms with Crippen LogP contribution < -0.4 is 0 Å². The fourth-order valence-electron chi connectivity index (χ4n) is 2.42. The monoisotopic (exact) mass is 404 g/mol. The van der Waals surface area contributed by atoms with Gasteiger partial charge in [-0.15, -0.1) is 5.10 Å². The lowest BCUT2D eigenvalue weighted by molar-refractivity contribution is -0.146. The zero-order chi connectivity index (χ0) is 19.2. The molecule has 0 saturated heterocycles. The number of ketones is 1. The van der Waals surface area contributed by atoms with Gasteiger partial charge in [-0.1, -0.05) is 53.5 Å². The van der Waals surface area contributed by atoms with E-state index >= 15 is 0 Å². The second-order valence-corrected chi connectivity index (χ2v) is 6.47. The van der Waals surface area contributed by atoms with E-state index in [4.69, 9.17) is 27.9 Å². The Morgan fingerprint density at radius 3 is 2.52 bits per heavy atom. The Labute approximate surface area is 164 Å². The normalized spacial score (nSPS) is 11.8. The molecular weight excluding hydrogens is 391 g/mol. The molecule has 0 saturated carbocycles. The molecule has 3 aromatic rings. The highest BCUT2D eigenvalue weighted by molar-refractivity contribution is 6.42. The molecule has 3 rings (SSSR count). The highest BCUT2D eigenvalue weighted by atomic mass is 35.5. The van der Waals surface area contributed by atoms with Gasteiger partial charge in [0.1, 0.15) is 6.33 Å². The third kappa shape index (κ3) is 4.90. The summed E-state index contributed by atoms with van der Waals surface area (Å²) in [6, 6.07) is 13.1. The van der Waals surface area contributed by atoms with Crippen LogP contribution in [0, 0.1) is 0 Å². The van der Waals surface area contributed by atoms with E-state index in [0.717, 1.165) is 5.56 Å². The molecule has 0 aliphatic rings. The van der Waals surface area contributed by atoms with Crippen LogP contribution in [-0.2, 0) is 16.0 Å². The van der Waals surface area contributed by atoms with Gasteiger partial charge < -0.3 is 4.74 Å². The average molecular weight is 405 g/mol. The maximum Gasteiger partial charge on any atom is 0.331 e. The van der Waals surface area contributed by atoms with Gasteiger partial charge in [-0.05, 0) is 34.2 Å². The van der Waals surface area contributed by atoms with Crippen LogP contribution in [-0.4, -0.2) is 38.6 Å². The summed E-state index contributed by atoms with van der Waals surface area (Å²) in [5, 5.41) is 11.5. The fourth-order valence-corrected chi connectivity index (χ4v) is 2.72. The first-order valence-electron chi connectivity index (χ1n) is 7.96. The number of halogens is 2. The first-order chi connectivity index (χ1) is 13.0. The van der Waals surface area contributed by atoms with E-state index in [0.29, 0.717) is 17.0 Å². The summed E-state index contributed by atoms with van der Waals surface area (Å²) in [6.07, 6.45) is 1.65. The number of benzene rings is 2. The maximum atomic E-state index is 12.6. The predicted octanol–water partition coefficient (Wildman–Crippen LogP) is 3.19. The van der Waals surface area contributed by atoms with E-state index in [1.807, 2.05) is 30.3 Å². The SMILES string of the molecule is O=C(COC(=O)[C@@H](Cc1ccccc1)n1cnnn1)c1ccc(Cl)c(Cl)c1. The van der Waals surface area contributed by atoms with Gasteiger partial charge in [-0.25, -0.2) is 9.48 Å². The summed E-state index contributed by atoms with van der Waals surface area (Å²) in [4.78, 5) is 24.8. The van der Waals surface area contributed by atoms with Crippen LogP contribution in [0.15, 0.2) is 54.9 Å². The zero-order valence-electron chi connectivity index (χ0n) is 14.0. The molecule has 0 radical (unpaired) electrons. The van der Waals surface area contributed by atoms with Gasteiger partial charge in [0.2, 0.25) is 0 Å². The lowest BCUT2D eigenvalue weighted by atomic mass is 10.1. The third-order valence-corrected chi connectivity index (χ3v) is 4.55. The summed E-state index contributed by atoms with van der Waals surface area (Å²) in [5.74, 6) is -1.00. The van der Waals surface area contributed by atoms with E-state index in [-0.39, 0.29) is 5.02 Å². The molecule has 138 valence electrons. The number of rotatable bonds is 7. The van der Waals surface area contributed by atoms with E-state index in [1.165, 1.54) is 29.2 Å². The van der Waals surface area contributed by atoms with Gasteiger partial charge in [0, 0.05) is 12.0 Å². The van der Waals surface area contributed by atoms with Crippen LogP contribution in [0.25, 0.3) is 0 Å². The molecule has 0 aliphatic heterocycles. The highest BCUT2D eigenvalue weighted by Crippen LogP contribution is 2.23. The summed E-state index contributed by atoms with van der Waals surface area (Å²) in [7, 11) is 0. The second-order valence-electron chi connectivity index (χ2n) is 5.66. The zero-order valence-corrected chi connectivity index (χ0v) is 15.5. The van der Waals surface area contributed by atoms with Crippen LogP contribution in [0.2, 0.25) is 10.0 Å². The lowest BCUT2D eigenvalue weighted by Crippen LogP contribution is -2.26. The molecule has 27 heavy (non-hydrogen) atoms. The topological polar surface area (TPSA) is 87.0 Å². The van der Waals surface area contributed by atoms with Crippen LogP contribution in [0.1, 0.15) is 22.0 Å². The third-order valence-electron chi connectivity index (χ3n) is 3.82. The molecule has 0 bridgehead atoms. The second kappa shape index (κ2) is 8.75. The molecule has 0 aliphatic carbocycles. The van der Waals surface area contributed by atoms with Crippen molar-refractivity contribution in [2.24, 2.45) is 0 Å². The summed E-state index contributed by atoms with van der Waals surface area (Å²) < 4.78 is 6.51. The molecule has 0 unspecified atom stereocenters. The van der Waals surface area contributed by atoms with Gasteiger partial charge in [0.25, 0.3) is 0 Å². The molecule has 0 spiro atoms. The van der Waals surface area contributed by atoms with Gasteiger partial charge in [0.05, 0.1) is 10.0 Å².